The van der Waals surface area contributed by atoms with E-state index in [0.29, 0.717) is 5.56 Å². The van der Waals surface area contributed by atoms with E-state index in [1.54, 1.807) is 6.92 Å². The van der Waals surface area contributed by atoms with E-state index in [1.807, 2.05) is 37.3 Å². The Labute approximate surface area is 155 Å². The molecule has 0 amide bonds. The summed E-state index contributed by atoms with van der Waals surface area (Å²) in [6.07, 6.45) is 2.59. The highest BCUT2D eigenvalue weighted by molar-refractivity contribution is 5.98. The second-order valence-electron chi connectivity index (χ2n) is 6.81. The van der Waals surface area contributed by atoms with E-state index in [2.05, 4.69) is 40.6 Å². The smallest absolute Gasteiger partial charge is 0.161 e. The summed E-state index contributed by atoms with van der Waals surface area (Å²) in [7, 11) is 0. The molecule has 1 aliphatic rings. The molecule has 2 heterocycles. The molecule has 134 valence electrons. The van der Waals surface area contributed by atoms with Gasteiger partial charge in [-0.25, -0.2) is 0 Å². The van der Waals surface area contributed by atoms with E-state index >= 15 is 0 Å². The van der Waals surface area contributed by atoms with Gasteiger partial charge in [0.1, 0.15) is 0 Å². The Morgan fingerprint density at radius 2 is 1.65 bits per heavy atom. The van der Waals surface area contributed by atoms with Crippen molar-refractivity contribution in [3.8, 4) is 0 Å². The lowest BCUT2D eigenvalue weighted by molar-refractivity contribution is 0.101. The minimum Gasteiger partial charge on any atom is -0.317 e. The lowest BCUT2D eigenvalue weighted by Crippen LogP contribution is -2.26. The van der Waals surface area contributed by atoms with Gasteiger partial charge in [-0.3, -0.25) is 9.78 Å². The minimum atomic E-state index is 0.0701. The van der Waals surface area contributed by atoms with E-state index in [0.717, 1.165) is 22.5 Å². The number of hydrogen-bond donors (Lipinski definition) is 1. The summed E-state index contributed by atoms with van der Waals surface area (Å²) in [6, 6.07) is 20.6. The summed E-state index contributed by atoms with van der Waals surface area (Å²) in [5.74, 6) is 0.869. The summed E-state index contributed by atoms with van der Waals surface area (Å²) in [6.45, 7) is 5.79. The van der Waals surface area contributed by atoms with Crippen LogP contribution in [0.5, 0.6) is 0 Å². The molecule has 3 nitrogen and oxygen atoms in total. The van der Waals surface area contributed by atoms with Crippen molar-refractivity contribution in [3.63, 3.8) is 0 Å². The maximum atomic E-state index is 11.3. The van der Waals surface area contributed by atoms with Crippen LogP contribution in [0.4, 0.5) is 0 Å². The third-order valence-corrected chi connectivity index (χ3v) is 4.90. The predicted octanol–water partition coefficient (Wildman–Crippen LogP) is 4.90. The highest BCUT2D eigenvalue weighted by atomic mass is 16.1. The maximum Gasteiger partial charge on any atom is 0.161 e. The predicted molar refractivity (Wildman–Crippen MR) is 108 cm³/mol. The van der Waals surface area contributed by atoms with Gasteiger partial charge in [-0.15, -0.1) is 0 Å². The minimum absolute atomic E-state index is 0.0701. The molecule has 1 N–H and O–H groups in total. The fraction of sp³-hybridized carbons (Fsp3) is 0.304. The Bertz CT molecular complexity index is 868. The number of fused-ring (bicyclic) bond motifs is 1. The average molecular weight is 346 g/mol. The zero-order chi connectivity index (χ0) is 18.4. The van der Waals surface area contributed by atoms with Crippen LogP contribution in [0.25, 0.3) is 10.9 Å². The summed E-state index contributed by atoms with van der Waals surface area (Å²) in [4.78, 5) is 15.6. The Balaban J connectivity index is 0.000000152. The van der Waals surface area contributed by atoms with Crippen LogP contribution in [0.1, 0.15) is 47.3 Å². The Hall–Kier alpha value is -2.52. The number of ketones is 1. The van der Waals surface area contributed by atoms with Crippen molar-refractivity contribution < 1.29 is 4.79 Å². The normalized spacial score (nSPS) is 14.5. The van der Waals surface area contributed by atoms with Crippen LogP contribution >= 0.6 is 0 Å². The molecule has 3 heteroatoms. The van der Waals surface area contributed by atoms with Gasteiger partial charge in [0, 0.05) is 16.6 Å². The van der Waals surface area contributed by atoms with E-state index < -0.39 is 0 Å². The summed E-state index contributed by atoms with van der Waals surface area (Å²) >= 11 is 0. The summed E-state index contributed by atoms with van der Waals surface area (Å²) < 4.78 is 0. The fourth-order valence-electron chi connectivity index (χ4n) is 3.45. The van der Waals surface area contributed by atoms with Gasteiger partial charge in [-0.1, -0.05) is 48.5 Å². The second kappa shape index (κ2) is 8.72. The Morgan fingerprint density at radius 3 is 2.35 bits per heavy atom. The largest absolute Gasteiger partial charge is 0.317 e. The Kier molecular flexibility index (Phi) is 6.13. The zero-order valence-corrected chi connectivity index (χ0v) is 15.5. The number of rotatable bonds is 2. The number of aromatic nitrogens is 1. The first kappa shape index (κ1) is 18.3. The number of carbonyl (C=O) groups is 1. The van der Waals surface area contributed by atoms with Gasteiger partial charge in [-0.2, -0.15) is 0 Å². The molecule has 0 saturated carbocycles. The molecule has 0 spiro atoms. The first-order chi connectivity index (χ1) is 12.6. The Morgan fingerprint density at radius 1 is 1.00 bits per heavy atom. The number of nitrogens with zero attached hydrogens (tertiary/aromatic N) is 1. The lowest BCUT2D eigenvalue weighted by Gasteiger charge is -2.22. The third-order valence-electron chi connectivity index (χ3n) is 4.90. The standard InChI is InChI=1S/C12H11NO.C11H15N/c1-8-11(9(2)14)7-10-5-3-4-6-12(10)13-8;1-2-4-10(5-3-1)11-6-8-12-9-7-11/h3-7H,1-2H3;1-5,11-12H,6-9H2. The number of hydrogen-bond acceptors (Lipinski definition) is 3. The van der Waals surface area contributed by atoms with Crippen LogP contribution in [0, 0.1) is 6.92 Å². The first-order valence-electron chi connectivity index (χ1n) is 9.28. The molecule has 2 aromatic carbocycles. The lowest BCUT2D eigenvalue weighted by atomic mass is 9.90. The average Bonchev–Trinajstić information content (AvgIpc) is 2.69. The van der Waals surface area contributed by atoms with E-state index in [1.165, 1.54) is 31.5 Å². The van der Waals surface area contributed by atoms with Gasteiger partial charge in [0.25, 0.3) is 0 Å². The molecule has 0 atom stereocenters. The van der Waals surface area contributed by atoms with E-state index in [4.69, 9.17) is 0 Å². The van der Waals surface area contributed by atoms with Gasteiger partial charge in [0.2, 0.25) is 0 Å². The quantitative estimate of drug-likeness (QED) is 0.671. The topological polar surface area (TPSA) is 42.0 Å². The maximum absolute atomic E-state index is 11.3. The summed E-state index contributed by atoms with van der Waals surface area (Å²) in [5, 5.41) is 4.40. The van der Waals surface area contributed by atoms with Gasteiger partial charge >= 0.3 is 0 Å². The van der Waals surface area contributed by atoms with Crippen LogP contribution < -0.4 is 5.32 Å². The van der Waals surface area contributed by atoms with Crippen molar-refractivity contribution in [1.82, 2.24) is 10.3 Å². The molecule has 26 heavy (non-hydrogen) atoms. The number of piperidine rings is 1. The van der Waals surface area contributed by atoms with Gasteiger partial charge in [-0.05, 0) is 63.4 Å². The number of pyridine rings is 1. The summed E-state index contributed by atoms with van der Waals surface area (Å²) in [5.41, 5.74) is 3.97. The number of benzene rings is 2. The molecule has 0 aliphatic carbocycles. The van der Waals surface area contributed by atoms with Crippen LogP contribution in [-0.4, -0.2) is 23.9 Å². The first-order valence-corrected chi connectivity index (χ1v) is 9.28. The molecule has 1 fully saturated rings. The molecule has 1 aromatic heterocycles. The number of nitrogens with one attached hydrogen (secondary N) is 1. The fourth-order valence-corrected chi connectivity index (χ4v) is 3.45. The molecule has 0 bridgehead atoms. The third kappa shape index (κ3) is 4.55. The zero-order valence-electron chi connectivity index (χ0n) is 15.5. The monoisotopic (exact) mass is 346 g/mol. The van der Waals surface area contributed by atoms with Gasteiger partial charge in [0.15, 0.2) is 5.78 Å². The molecule has 0 radical (unpaired) electrons. The van der Waals surface area contributed by atoms with Crippen LogP contribution in [-0.2, 0) is 0 Å². The molecule has 0 unspecified atom stereocenters. The highest BCUT2D eigenvalue weighted by Gasteiger charge is 2.13. The second-order valence-corrected chi connectivity index (χ2v) is 6.81. The van der Waals surface area contributed by atoms with Crippen LogP contribution in [0.15, 0.2) is 60.7 Å². The van der Waals surface area contributed by atoms with Gasteiger partial charge in [0.05, 0.1) is 5.52 Å². The number of Topliss-reactive ketones (excluding diaryl/α,β-unsaturated/α-hetero) is 1. The SMILES string of the molecule is CC(=O)c1cc2ccccc2nc1C.c1ccc(C2CCNCC2)cc1. The van der Waals surface area contributed by atoms with Crippen molar-refractivity contribution in [2.24, 2.45) is 0 Å². The van der Waals surface area contributed by atoms with Crippen molar-refractivity contribution in [2.75, 3.05) is 13.1 Å². The van der Waals surface area contributed by atoms with Crippen molar-refractivity contribution in [1.29, 1.82) is 0 Å². The van der Waals surface area contributed by atoms with Crippen molar-refractivity contribution >= 4 is 16.7 Å². The van der Waals surface area contributed by atoms with Crippen LogP contribution in [0.2, 0.25) is 0 Å². The molecular weight excluding hydrogens is 320 g/mol. The molecule has 4 rings (SSSR count). The number of carbonyl (C=O) groups excluding carboxylic acids is 1. The molecule has 3 aromatic rings. The molecule has 1 saturated heterocycles. The molecule has 1 aliphatic heterocycles. The van der Waals surface area contributed by atoms with E-state index in [9.17, 15) is 4.79 Å². The number of para-hydroxylation sites is 1. The number of aryl methyl sites for hydroxylation is 1. The van der Waals surface area contributed by atoms with Gasteiger partial charge < -0.3 is 5.32 Å². The van der Waals surface area contributed by atoms with Crippen molar-refractivity contribution in [2.45, 2.75) is 32.6 Å². The molecular formula is C23H26N2O. The van der Waals surface area contributed by atoms with Crippen molar-refractivity contribution in [3.05, 3.63) is 77.5 Å². The highest BCUT2D eigenvalue weighted by Crippen LogP contribution is 2.24. The van der Waals surface area contributed by atoms with Crippen LogP contribution in [0.3, 0.4) is 0 Å². The van der Waals surface area contributed by atoms with E-state index in [-0.39, 0.29) is 5.78 Å².